The first-order valence-corrected chi connectivity index (χ1v) is 7.94. The van der Waals surface area contributed by atoms with E-state index in [1.807, 2.05) is 0 Å². The number of fused-ring (bicyclic) bond motifs is 1. The predicted octanol–water partition coefficient (Wildman–Crippen LogP) is 5.53. The van der Waals surface area contributed by atoms with Gasteiger partial charge in [-0.15, -0.1) is 0 Å². The van der Waals surface area contributed by atoms with E-state index in [0.717, 1.165) is 12.1 Å². The Labute approximate surface area is 151 Å². The fourth-order valence-electron chi connectivity index (χ4n) is 2.64. The second-order valence-electron chi connectivity index (χ2n) is 5.52. The van der Waals surface area contributed by atoms with Gasteiger partial charge in [0.2, 0.25) is 0 Å². The highest BCUT2D eigenvalue weighted by atomic mass is 35.5. The van der Waals surface area contributed by atoms with Crippen LogP contribution in [0, 0.1) is 6.92 Å². The monoisotopic (exact) mass is 386 g/mol. The molecule has 2 aromatic carbocycles. The first-order valence-electron chi connectivity index (χ1n) is 7.19. The number of benzene rings is 2. The van der Waals surface area contributed by atoms with E-state index in [0.29, 0.717) is 33.5 Å². The standard InChI is InChI=1S/C17H11Cl2F3N2O/c1-9-12-6-11(17(20,21)22)3-5-15(12)24(23-9)7-13-14(18)4-2-10(8-25)16(13)19/h2-6,8H,7H2,1H3. The molecule has 0 saturated heterocycles. The minimum absolute atomic E-state index is 0.134. The molecule has 0 N–H and O–H groups in total. The number of carbonyl (C=O) groups is 1. The van der Waals surface area contributed by atoms with Crippen molar-refractivity contribution in [2.24, 2.45) is 0 Å². The summed E-state index contributed by atoms with van der Waals surface area (Å²) in [5.74, 6) is 0. The van der Waals surface area contributed by atoms with Gasteiger partial charge >= 0.3 is 6.18 Å². The zero-order valence-electron chi connectivity index (χ0n) is 12.9. The summed E-state index contributed by atoms with van der Waals surface area (Å²) in [6, 6.07) is 6.49. The zero-order chi connectivity index (χ0) is 18.4. The van der Waals surface area contributed by atoms with Crippen molar-refractivity contribution in [1.82, 2.24) is 9.78 Å². The van der Waals surface area contributed by atoms with Crippen molar-refractivity contribution < 1.29 is 18.0 Å². The maximum atomic E-state index is 12.9. The molecule has 3 nitrogen and oxygen atoms in total. The van der Waals surface area contributed by atoms with Gasteiger partial charge < -0.3 is 0 Å². The molecule has 0 aliphatic carbocycles. The molecule has 0 bridgehead atoms. The molecule has 3 rings (SSSR count). The molecule has 0 unspecified atom stereocenters. The van der Waals surface area contributed by atoms with Crippen LogP contribution in [0.1, 0.15) is 27.2 Å². The van der Waals surface area contributed by atoms with E-state index < -0.39 is 11.7 Å². The van der Waals surface area contributed by atoms with Crippen LogP contribution in [0.2, 0.25) is 10.0 Å². The molecule has 8 heteroatoms. The highest BCUT2D eigenvalue weighted by Crippen LogP contribution is 2.33. The molecule has 0 aliphatic rings. The van der Waals surface area contributed by atoms with Gasteiger partial charge in [-0.3, -0.25) is 9.48 Å². The summed E-state index contributed by atoms with van der Waals surface area (Å²) in [5.41, 5.74) is 1.02. The van der Waals surface area contributed by atoms with Crippen molar-refractivity contribution in [1.29, 1.82) is 0 Å². The summed E-state index contributed by atoms with van der Waals surface area (Å²) in [7, 11) is 0. The molecule has 0 radical (unpaired) electrons. The van der Waals surface area contributed by atoms with Gasteiger partial charge in [0.05, 0.1) is 28.3 Å². The lowest BCUT2D eigenvalue weighted by molar-refractivity contribution is -0.137. The fraction of sp³-hybridized carbons (Fsp3) is 0.176. The molecule has 130 valence electrons. The molecular formula is C17H11Cl2F3N2O. The van der Waals surface area contributed by atoms with Gasteiger partial charge in [-0.05, 0) is 37.3 Å². The number of aryl methyl sites for hydroxylation is 1. The second kappa shape index (κ2) is 6.35. The van der Waals surface area contributed by atoms with E-state index in [4.69, 9.17) is 23.2 Å². The van der Waals surface area contributed by atoms with E-state index in [2.05, 4.69) is 5.10 Å². The van der Waals surface area contributed by atoms with Gasteiger partial charge in [-0.1, -0.05) is 23.2 Å². The Morgan fingerprint density at radius 3 is 2.56 bits per heavy atom. The number of aromatic nitrogens is 2. The van der Waals surface area contributed by atoms with Crippen molar-refractivity contribution in [2.75, 3.05) is 0 Å². The third-order valence-electron chi connectivity index (χ3n) is 3.91. The van der Waals surface area contributed by atoms with Crippen LogP contribution in [0.25, 0.3) is 10.9 Å². The van der Waals surface area contributed by atoms with E-state index in [1.165, 1.54) is 16.8 Å². The number of rotatable bonds is 3. The molecule has 0 atom stereocenters. The Bertz CT molecular complexity index is 980. The van der Waals surface area contributed by atoms with Crippen LogP contribution in [0.3, 0.4) is 0 Å². The summed E-state index contributed by atoms with van der Waals surface area (Å²) in [4.78, 5) is 11.0. The largest absolute Gasteiger partial charge is 0.416 e. The number of nitrogens with zero attached hydrogens (tertiary/aromatic N) is 2. The van der Waals surface area contributed by atoms with E-state index in [9.17, 15) is 18.0 Å². The predicted molar refractivity (Wildman–Crippen MR) is 90.4 cm³/mol. The number of aldehydes is 1. The summed E-state index contributed by atoms with van der Waals surface area (Å²) in [6.07, 6.45) is -3.81. The first kappa shape index (κ1) is 17.8. The fourth-order valence-corrected chi connectivity index (χ4v) is 3.17. The quantitative estimate of drug-likeness (QED) is 0.554. The minimum Gasteiger partial charge on any atom is -0.298 e. The third-order valence-corrected chi connectivity index (χ3v) is 4.71. The molecule has 0 fully saturated rings. The normalized spacial score (nSPS) is 11.9. The average molecular weight is 387 g/mol. The van der Waals surface area contributed by atoms with Gasteiger partial charge in [0.25, 0.3) is 0 Å². The Hall–Kier alpha value is -2.05. The summed E-state index contributed by atoms with van der Waals surface area (Å²) >= 11 is 12.4. The smallest absolute Gasteiger partial charge is 0.298 e. The number of hydrogen-bond donors (Lipinski definition) is 0. The highest BCUT2D eigenvalue weighted by molar-refractivity contribution is 6.37. The van der Waals surface area contributed by atoms with Crippen molar-refractivity contribution in [3.05, 3.63) is 62.8 Å². The lowest BCUT2D eigenvalue weighted by Crippen LogP contribution is -2.06. The molecule has 3 aromatic rings. The summed E-state index contributed by atoms with van der Waals surface area (Å²) < 4.78 is 40.2. The van der Waals surface area contributed by atoms with Crippen LogP contribution >= 0.6 is 23.2 Å². The zero-order valence-corrected chi connectivity index (χ0v) is 14.4. The van der Waals surface area contributed by atoms with Crippen LogP contribution in [-0.4, -0.2) is 16.1 Å². The van der Waals surface area contributed by atoms with Crippen molar-refractivity contribution in [2.45, 2.75) is 19.6 Å². The molecule has 1 heterocycles. The van der Waals surface area contributed by atoms with Gasteiger partial charge in [-0.2, -0.15) is 18.3 Å². The SMILES string of the molecule is Cc1nn(Cc2c(Cl)ccc(C=O)c2Cl)c2ccc(C(F)(F)F)cc12. The molecule has 0 amide bonds. The first-order chi connectivity index (χ1) is 11.7. The van der Waals surface area contributed by atoms with Gasteiger partial charge in [0.1, 0.15) is 0 Å². The van der Waals surface area contributed by atoms with Crippen LogP contribution in [0.5, 0.6) is 0 Å². The average Bonchev–Trinajstić information content (AvgIpc) is 2.86. The van der Waals surface area contributed by atoms with Gasteiger partial charge in [-0.25, -0.2) is 0 Å². The summed E-state index contributed by atoms with van der Waals surface area (Å²) in [6.45, 7) is 1.76. The number of halogens is 5. The Kier molecular flexibility index (Phi) is 4.51. The second-order valence-corrected chi connectivity index (χ2v) is 6.30. The highest BCUT2D eigenvalue weighted by Gasteiger charge is 2.31. The number of hydrogen-bond acceptors (Lipinski definition) is 2. The van der Waals surface area contributed by atoms with E-state index >= 15 is 0 Å². The van der Waals surface area contributed by atoms with Crippen molar-refractivity contribution in [3.63, 3.8) is 0 Å². The van der Waals surface area contributed by atoms with Crippen molar-refractivity contribution in [3.8, 4) is 0 Å². The van der Waals surface area contributed by atoms with Crippen LogP contribution in [0.4, 0.5) is 13.2 Å². The molecular weight excluding hydrogens is 376 g/mol. The Morgan fingerprint density at radius 2 is 1.92 bits per heavy atom. The summed E-state index contributed by atoms with van der Waals surface area (Å²) in [5, 5.41) is 5.24. The van der Waals surface area contributed by atoms with E-state index in [-0.39, 0.29) is 17.1 Å². The molecule has 0 aliphatic heterocycles. The maximum absolute atomic E-state index is 12.9. The topological polar surface area (TPSA) is 34.9 Å². The molecule has 25 heavy (non-hydrogen) atoms. The molecule has 1 aromatic heterocycles. The molecule has 0 saturated carbocycles. The van der Waals surface area contributed by atoms with Crippen LogP contribution in [-0.2, 0) is 12.7 Å². The minimum atomic E-state index is -4.42. The number of carbonyl (C=O) groups excluding carboxylic acids is 1. The molecule has 0 spiro atoms. The van der Waals surface area contributed by atoms with Crippen LogP contribution in [0.15, 0.2) is 30.3 Å². The number of alkyl halides is 3. The van der Waals surface area contributed by atoms with Crippen LogP contribution < -0.4 is 0 Å². The lowest BCUT2D eigenvalue weighted by atomic mass is 10.1. The maximum Gasteiger partial charge on any atom is 0.416 e. The van der Waals surface area contributed by atoms with E-state index in [1.54, 1.807) is 13.0 Å². The Balaban J connectivity index is 2.11. The van der Waals surface area contributed by atoms with Gasteiger partial charge in [0.15, 0.2) is 6.29 Å². The lowest BCUT2D eigenvalue weighted by Gasteiger charge is -2.10. The third kappa shape index (κ3) is 3.24. The Morgan fingerprint density at radius 1 is 1.20 bits per heavy atom. The van der Waals surface area contributed by atoms with Gasteiger partial charge in [0, 0.05) is 21.5 Å². The van der Waals surface area contributed by atoms with Crippen molar-refractivity contribution >= 4 is 40.4 Å².